The van der Waals surface area contributed by atoms with Crippen molar-refractivity contribution in [3.05, 3.63) is 59.7 Å². The molecule has 19 heavy (non-hydrogen) atoms. The van der Waals surface area contributed by atoms with Crippen molar-refractivity contribution in [1.82, 2.24) is 0 Å². The normalized spacial score (nSPS) is 18.8. The summed E-state index contributed by atoms with van der Waals surface area (Å²) in [5.74, 6) is 0. The summed E-state index contributed by atoms with van der Waals surface area (Å²) in [6, 6.07) is 18.0. The fourth-order valence-corrected chi connectivity index (χ4v) is 19.8. The molecule has 0 saturated carbocycles. The zero-order valence-corrected chi connectivity index (χ0v) is 16.0. The summed E-state index contributed by atoms with van der Waals surface area (Å²) < 4.78 is 3.20. The SMILES string of the molecule is C/C1=C(\C)c2ccccc2[Se][Se][Se]c2ccccc21. The fraction of sp³-hybridized carbons (Fsp3) is 0.125. The summed E-state index contributed by atoms with van der Waals surface area (Å²) in [5.41, 5.74) is 5.88. The van der Waals surface area contributed by atoms with E-state index in [-0.39, 0.29) is 0 Å². The van der Waals surface area contributed by atoms with Crippen LogP contribution in [-0.2, 0) is 0 Å². The summed E-state index contributed by atoms with van der Waals surface area (Å²) in [7, 11) is 0. The van der Waals surface area contributed by atoms with Crippen molar-refractivity contribution in [2.75, 3.05) is 0 Å². The second-order valence-corrected chi connectivity index (χ2v) is 20.1. The Morgan fingerprint density at radius 1 is 0.632 bits per heavy atom. The van der Waals surface area contributed by atoms with E-state index in [0.29, 0.717) is 26.3 Å². The molecule has 2 aromatic rings. The van der Waals surface area contributed by atoms with Gasteiger partial charge in [-0.25, -0.2) is 0 Å². The van der Waals surface area contributed by atoms with Crippen LogP contribution < -0.4 is 8.92 Å². The van der Waals surface area contributed by atoms with Gasteiger partial charge in [0.15, 0.2) is 0 Å². The van der Waals surface area contributed by atoms with Crippen LogP contribution in [0.2, 0.25) is 0 Å². The van der Waals surface area contributed by atoms with Crippen LogP contribution in [0, 0.1) is 0 Å². The average Bonchev–Trinajstić information content (AvgIpc) is 2.51. The summed E-state index contributed by atoms with van der Waals surface area (Å²) in [6.45, 7) is 4.57. The van der Waals surface area contributed by atoms with Crippen molar-refractivity contribution >= 4 is 57.6 Å². The van der Waals surface area contributed by atoms with E-state index in [1.165, 1.54) is 22.3 Å². The van der Waals surface area contributed by atoms with E-state index in [1.54, 1.807) is 8.92 Å². The Morgan fingerprint density at radius 2 is 1.05 bits per heavy atom. The molecule has 0 amide bonds. The van der Waals surface area contributed by atoms with Crippen molar-refractivity contribution in [2.24, 2.45) is 0 Å². The van der Waals surface area contributed by atoms with Crippen molar-refractivity contribution < 1.29 is 0 Å². The van der Waals surface area contributed by atoms with E-state index in [1.807, 2.05) is 0 Å². The fourth-order valence-electron chi connectivity index (χ4n) is 2.19. The van der Waals surface area contributed by atoms with Crippen LogP contribution in [0.15, 0.2) is 48.5 Å². The van der Waals surface area contributed by atoms with Gasteiger partial charge >= 0.3 is 131 Å². The van der Waals surface area contributed by atoms with Gasteiger partial charge in [-0.1, -0.05) is 0 Å². The number of hydrogen-bond donors (Lipinski definition) is 0. The van der Waals surface area contributed by atoms with Crippen molar-refractivity contribution in [3.8, 4) is 0 Å². The molecule has 0 radical (unpaired) electrons. The summed E-state index contributed by atoms with van der Waals surface area (Å²) >= 11 is 2.11. The van der Waals surface area contributed by atoms with Crippen molar-refractivity contribution in [3.63, 3.8) is 0 Å². The molecule has 0 saturated heterocycles. The molecule has 2 aromatic carbocycles. The summed E-state index contributed by atoms with van der Waals surface area (Å²) in [6.07, 6.45) is 0. The van der Waals surface area contributed by atoms with Crippen LogP contribution in [0.5, 0.6) is 0 Å². The molecule has 0 nitrogen and oxygen atoms in total. The van der Waals surface area contributed by atoms with Gasteiger partial charge in [0.05, 0.1) is 0 Å². The van der Waals surface area contributed by atoms with Crippen LogP contribution in [-0.4, -0.2) is 37.6 Å². The van der Waals surface area contributed by atoms with Crippen LogP contribution in [0.1, 0.15) is 25.0 Å². The molecule has 1 aliphatic rings. The molecule has 0 aromatic heterocycles. The Balaban J connectivity index is 2.23. The van der Waals surface area contributed by atoms with E-state index in [0.717, 1.165) is 11.3 Å². The Morgan fingerprint density at radius 3 is 1.53 bits per heavy atom. The molecule has 0 atom stereocenters. The topological polar surface area (TPSA) is 0 Å². The number of rotatable bonds is 0. The van der Waals surface area contributed by atoms with Gasteiger partial charge in [-0.3, -0.25) is 0 Å². The molecule has 0 unspecified atom stereocenters. The summed E-state index contributed by atoms with van der Waals surface area (Å²) in [4.78, 5) is 0. The van der Waals surface area contributed by atoms with E-state index in [9.17, 15) is 0 Å². The first-order chi connectivity index (χ1) is 9.27. The van der Waals surface area contributed by atoms with Crippen LogP contribution in [0.3, 0.4) is 0 Å². The van der Waals surface area contributed by atoms with Crippen molar-refractivity contribution in [1.29, 1.82) is 0 Å². The van der Waals surface area contributed by atoms with Gasteiger partial charge in [-0.05, 0) is 0 Å². The molecule has 3 rings (SSSR count). The first-order valence-electron chi connectivity index (χ1n) is 6.15. The average molecular weight is 443 g/mol. The summed E-state index contributed by atoms with van der Waals surface area (Å²) in [5, 5.41) is 0. The third-order valence-electron chi connectivity index (χ3n) is 3.39. The van der Waals surface area contributed by atoms with Gasteiger partial charge in [0.25, 0.3) is 0 Å². The number of hydrogen-bond acceptors (Lipinski definition) is 0. The van der Waals surface area contributed by atoms with Gasteiger partial charge in [-0.2, -0.15) is 0 Å². The van der Waals surface area contributed by atoms with E-state index in [4.69, 9.17) is 0 Å². The van der Waals surface area contributed by atoms with Gasteiger partial charge in [0, 0.05) is 0 Å². The second kappa shape index (κ2) is 6.02. The third-order valence-corrected chi connectivity index (χ3v) is 19.0. The quantitative estimate of drug-likeness (QED) is 0.546. The molecular formula is C16H14Se3. The van der Waals surface area contributed by atoms with Gasteiger partial charge in [0.2, 0.25) is 0 Å². The Hall–Kier alpha value is -0.262. The molecule has 0 aliphatic carbocycles. The number of fused-ring (bicyclic) bond motifs is 2. The molecule has 1 aliphatic heterocycles. The van der Waals surface area contributed by atoms with Crippen LogP contribution in [0.4, 0.5) is 0 Å². The molecule has 3 heteroatoms. The molecule has 0 fully saturated rings. The number of benzene rings is 2. The second-order valence-electron chi connectivity index (χ2n) is 4.48. The minimum absolute atomic E-state index is 0.669. The van der Waals surface area contributed by atoms with Crippen LogP contribution in [0.25, 0.3) is 11.1 Å². The van der Waals surface area contributed by atoms with Crippen LogP contribution >= 0.6 is 0 Å². The maximum absolute atomic E-state index is 2.33. The standard InChI is InChI=1S/C16H14Se3/c1-11-12(2)14-8-4-6-10-16(14)18-19-17-15-9-5-3-7-13(11)15/h3-10H,1-2H3/b12-11-. The van der Waals surface area contributed by atoms with E-state index in [2.05, 4.69) is 62.4 Å². The molecule has 0 N–H and O–H groups in total. The Bertz CT molecular complexity index is 588. The maximum atomic E-state index is 2.33. The molecule has 0 spiro atoms. The van der Waals surface area contributed by atoms with E-state index >= 15 is 0 Å². The molecular weight excluding hydrogens is 429 g/mol. The molecule has 1 heterocycles. The van der Waals surface area contributed by atoms with Gasteiger partial charge < -0.3 is 0 Å². The number of allylic oxidation sites excluding steroid dienone is 2. The van der Waals surface area contributed by atoms with Gasteiger partial charge in [-0.15, -0.1) is 0 Å². The zero-order valence-electron chi connectivity index (χ0n) is 10.8. The van der Waals surface area contributed by atoms with E-state index < -0.39 is 0 Å². The van der Waals surface area contributed by atoms with Gasteiger partial charge in [0.1, 0.15) is 0 Å². The first-order valence-corrected chi connectivity index (χ1v) is 16.5. The third kappa shape index (κ3) is 2.78. The van der Waals surface area contributed by atoms with Crippen molar-refractivity contribution in [2.45, 2.75) is 13.8 Å². The Kier molecular flexibility index (Phi) is 4.34. The first kappa shape index (κ1) is 13.7. The minimum atomic E-state index is 0.669. The predicted molar refractivity (Wildman–Crippen MR) is 87.6 cm³/mol. The Labute approximate surface area is 130 Å². The predicted octanol–water partition coefficient (Wildman–Crippen LogP) is 1.84. The molecule has 96 valence electrons. The zero-order chi connectivity index (χ0) is 13.2. The monoisotopic (exact) mass is 446 g/mol. The molecule has 0 bridgehead atoms.